The number of hydrogen-bond acceptors (Lipinski definition) is 4. The normalized spacial score (nSPS) is 16.4. The molecule has 0 amide bonds. The Labute approximate surface area is 161 Å². The Kier molecular flexibility index (Phi) is 6.19. The lowest BCUT2D eigenvalue weighted by atomic mass is 10.1. The summed E-state index contributed by atoms with van der Waals surface area (Å²) in [6.07, 6.45) is 3.88. The Hall–Kier alpha value is -1.75. The van der Waals surface area contributed by atoms with Gasteiger partial charge in [-0.2, -0.15) is 0 Å². The van der Waals surface area contributed by atoms with Gasteiger partial charge in [0.05, 0.1) is 0 Å². The highest BCUT2D eigenvalue weighted by molar-refractivity contribution is 8.45. The van der Waals surface area contributed by atoms with Crippen molar-refractivity contribution in [3.05, 3.63) is 88.1 Å². The zero-order chi connectivity index (χ0) is 17.6. The van der Waals surface area contributed by atoms with Crippen LogP contribution in [0.15, 0.2) is 76.9 Å². The van der Waals surface area contributed by atoms with Crippen molar-refractivity contribution in [1.29, 1.82) is 0 Å². The number of aliphatic imine (C=N–C) groups is 1. The third-order valence-electron chi connectivity index (χ3n) is 3.47. The van der Waals surface area contributed by atoms with Crippen LogP contribution < -0.4 is 0 Å². The van der Waals surface area contributed by atoms with E-state index in [1.54, 1.807) is 0 Å². The summed E-state index contributed by atoms with van der Waals surface area (Å²) in [5.41, 5.74) is 3.64. The standard InChI is InChI=1S/C20H16ClNOS2/c1-14(11-15-7-3-2-4-8-15)12-18-19(23)25-20(22-18)24-13-16-9-5-6-10-17(16)21/h2-12H,13H2,1H3/b14-11-,18-12+. The molecule has 2 nitrogen and oxygen atoms in total. The van der Waals surface area contributed by atoms with Crippen LogP contribution in [0.25, 0.3) is 6.08 Å². The topological polar surface area (TPSA) is 29.4 Å². The molecule has 126 valence electrons. The largest absolute Gasteiger partial charge is 0.279 e. The van der Waals surface area contributed by atoms with E-state index in [-0.39, 0.29) is 5.12 Å². The fourth-order valence-electron chi connectivity index (χ4n) is 2.28. The molecule has 0 unspecified atom stereocenters. The van der Waals surface area contributed by atoms with Crippen LogP contribution in [0.4, 0.5) is 0 Å². The van der Waals surface area contributed by atoms with Crippen molar-refractivity contribution in [2.75, 3.05) is 0 Å². The van der Waals surface area contributed by atoms with Crippen LogP contribution in [0.1, 0.15) is 18.1 Å². The van der Waals surface area contributed by atoms with Gasteiger partial charge in [0.15, 0.2) is 0 Å². The minimum Gasteiger partial charge on any atom is -0.279 e. The van der Waals surface area contributed by atoms with Crippen LogP contribution >= 0.6 is 35.1 Å². The molecule has 1 heterocycles. The van der Waals surface area contributed by atoms with Crippen molar-refractivity contribution in [1.82, 2.24) is 0 Å². The number of nitrogens with zero attached hydrogens (tertiary/aromatic N) is 1. The summed E-state index contributed by atoms with van der Waals surface area (Å²) in [6.45, 7) is 1.97. The average Bonchev–Trinajstić information content (AvgIpc) is 2.94. The van der Waals surface area contributed by atoms with Gasteiger partial charge in [-0.05, 0) is 47.5 Å². The molecule has 0 bridgehead atoms. The number of carbonyl (C=O) groups is 1. The Morgan fingerprint density at radius 2 is 1.88 bits per heavy atom. The van der Waals surface area contributed by atoms with Gasteiger partial charge in [0, 0.05) is 10.8 Å². The molecule has 0 radical (unpaired) electrons. The van der Waals surface area contributed by atoms with E-state index in [0.717, 1.165) is 26.1 Å². The minimum atomic E-state index is -0.0116. The maximum atomic E-state index is 12.2. The first-order valence-corrected chi connectivity index (χ1v) is 9.92. The lowest BCUT2D eigenvalue weighted by Gasteiger charge is -2.02. The number of thioether (sulfide) groups is 2. The zero-order valence-corrected chi connectivity index (χ0v) is 16.0. The summed E-state index contributed by atoms with van der Waals surface area (Å²) in [4.78, 5) is 16.6. The second kappa shape index (κ2) is 8.56. The Bertz CT molecular complexity index is 872. The molecular weight excluding hydrogens is 370 g/mol. The lowest BCUT2D eigenvalue weighted by Crippen LogP contribution is -1.89. The molecule has 0 saturated carbocycles. The van der Waals surface area contributed by atoms with Gasteiger partial charge in [-0.15, -0.1) is 0 Å². The van der Waals surface area contributed by atoms with Gasteiger partial charge in [0.25, 0.3) is 0 Å². The van der Waals surface area contributed by atoms with Crippen LogP contribution in [0.2, 0.25) is 5.02 Å². The summed E-state index contributed by atoms with van der Waals surface area (Å²) in [5.74, 6) is 0.699. The molecule has 3 rings (SSSR count). The van der Waals surface area contributed by atoms with Crippen LogP contribution in [0.3, 0.4) is 0 Å². The molecule has 5 heteroatoms. The van der Waals surface area contributed by atoms with Crippen molar-refractivity contribution >= 4 is 50.7 Å². The van der Waals surface area contributed by atoms with E-state index in [1.807, 2.05) is 73.7 Å². The maximum absolute atomic E-state index is 12.2. The van der Waals surface area contributed by atoms with Gasteiger partial charge in [-0.25, -0.2) is 4.99 Å². The van der Waals surface area contributed by atoms with E-state index in [4.69, 9.17) is 11.6 Å². The summed E-state index contributed by atoms with van der Waals surface area (Å²) < 4.78 is 0.767. The average molecular weight is 386 g/mol. The first kappa shape index (κ1) is 18.1. The monoisotopic (exact) mass is 385 g/mol. The second-order valence-electron chi connectivity index (χ2n) is 5.48. The summed E-state index contributed by atoms with van der Waals surface area (Å²) in [6, 6.07) is 17.7. The second-order valence-corrected chi connectivity index (χ2v) is 8.07. The highest BCUT2D eigenvalue weighted by Crippen LogP contribution is 2.33. The van der Waals surface area contributed by atoms with Crippen LogP contribution in [-0.2, 0) is 10.5 Å². The van der Waals surface area contributed by atoms with Gasteiger partial charge in [0.2, 0.25) is 5.12 Å². The molecule has 2 aromatic rings. The van der Waals surface area contributed by atoms with Gasteiger partial charge < -0.3 is 0 Å². The number of benzene rings is 2. The van der Waals surface area contributed by atoms with Gasteiger partial charge in [-0.1, -0.05) is 78.0 Å². The van der Waals surface area contributed by atoms with Gasteiger partial charge in [-0.3, -0.25) is 4.79 Å². The third kappa shape index (κ3) is 5.11. The smallest absolute Gasteiger partial charge is 0.244 e. The SMILES string of the molecule is CC(=C/c1ccccc1)/C=C1/N=C(SCc2ccccc2Cl)SC1=O. The first-order valence-electron chi connectivity index (χ1n) is 7.74. The predicted octanol–water partition coefficient (Wildman–Crippen LogP) is 6.19. The highest BCUT2D eigenvalue weighted by atomic mass is 35.5. The molecule has 0 N–H and O–H groups in total. The van der Waals surface area contributed by atoms with E-state index in [9.17, 15) is 4.79 Å². The Morgan fingerprint density at radius 3 is 2.64 bits per heavy atom. The summed E-state index contributed by atoms with van der Waals surface area (Å²) in [7, 11) is 0. The minimum absolute atomic E-state index is 0.0116. The van der Waals surface area contributed by atoms with Gasteiger partial charge in [0.1, 0.15) is 10.1 Å². The Morgan fingerprint density at radius 1 is 1.16 bits per heavy atom. The number of allylic oxidation sites excluding steroid dienone is 2. The molecule has 0 aliphatic carbocycles. The predicted molar refractivity (Wildman–Crippen MR) is 111 cm³/mol. The molecule has 2 aromatic carbocycles. The van der Waals surface area contributed by atoms with E-state index in [0.29, 0.717) is 11.4 Å². The molecule has 0 saturated heterocycles. The van der Waals surface area contributed by atoms with E-state index in [1.165, 1.54) is 23.5 Å². The van der Waals surface area contributed by atoms with Crippen molar-refractivity contribution in [3.8, 4) is 0 Å². The molecular formula is C20H16ClNOS2. The molecule has 25 heavy (non-hydrogen) atoms. The maximum Gasteiger partial charge on any atom is 0.244 e. The van der Waals surface area contributed by atoms with Crippen molar-refractivity contribution in [2.24, 2.45) is 4.99 Å². The molecule has 1 aliphatic heterocycles. The number of carbonyl (C=O) groups excluding carboxylic acids is 1. The lowest BCUT2D eigenvalue weighted by molar-refractivity contribution is -0.107. The number of hydrogen-bond donors (Lipinski definition) is 0. The zero-order valence-electron chi connectivity index (χ0n) is 13.6. The van der Waals surface area contributed by atoms with Gasteiger partial charge >= 0.3 is 0 Å². The van der Waals surface area contributed by atoms with Crippen LogP contribution in [-0.4, -0.2) is 9.49 Å². The molecule has 0 aromatic heterocycles. The highest BCUT2D eigenvalue weighted by Gasteiger charge is 2.22. The fraction of sp³-hybridized carbons (Fsp3) is 0.100. The van der Waals surface area contributed by atoms with Crippen LogP contribution in [0.5, 0.6) is 0 Å². The molecule has 0 spiro atoms. The van der Waals surface area contributed by atoms with Crippen molar-refractivity contribution in [3.63, 3.8) is 0 Å². The quantitative estimate of drug-likeness (QED) is 0.587. The summed E-state index contributed by atoms with van der Waals surface area (Å²) >= 11 is 8.89. The van der Waals surface area contributed by atoms with E-state index in [2.05, 4.69) is 4.99 Å². The van der Waals surface area contributed by atoms with Crippen LogP contribution in [0, 0.1) is 0 Å². The van der Waals surface area contributed by atoms with E-state index < -0.39 is 0 Å². The van der Waals surface area contributed by atoms with Crippen molar-refractivity contribution in [2.45, 2.75) is 12.7 Å². The molecule has 0 atom stereocenters. The first-order chi connectivity index (χ1) is 12.1. The summed E-state index contributed by atoms with van der Waals surface area (Å²) in [5, 5.41) is 0.727. The Balaban J connectivity index is 1.69. The number of halogens is 1. The van der Waals surface area contributed by atoms with Crippen molar-refractivity contribution < 1.29 is 4.79 Å². The third-order valence-corrected chi connectivity index (χ3v) is 5.89. The fourth-order valence-corrected chi connectivity index (χ4v) is 4.40. The van der Waals surface area contributed by atoms with E-state index >= 15 is 0 Å². The molecule has 1 aliphatic rings. The molecule has 0 fully saturated rings. The number of rotatable bonds is 4.